The van der Waals surface area contributed by atoms with Crippen LogP contribution >= 0.6 is 0 Å². The van der Waals surface area contributed by atoms with Gasteiger partial charge in [0, 0.05) is 27.9 Å². The summed E-state index contributed by atoms with van der Waals surface area (Å²) in [5, 5.41) is 0.691. The van der Waals surface area contributed by atoms with Crippen molar-refractivity contribution in [1.82, 2.24) is 9.55 Å². The molecule has 206 valence electrons. The number of ether oxygens (including phenoxy) is 3. The van der Waals surface area contributed by atoms with E-state index in [1.807, 2.05) is 110 Å². The Bertz CT molecular complexity index is 1770. The molecule has 0 fully saturated rings. The molecule has 3 aromatic carbocycles. The number of rotatable bonds is 7. The summed E-state index contributed by atoms with van der Waals surface area (Å²) in [4.78, 5) is 31.6. The predicted octanol–water partition coefficient (Wildman–Crippen LogP) is 6.51. The van der Waals surface area contributed by atoms with E-state index in [9.17, 15) is 9.59 Å². The Morgan fingerprint density at radius 2 is 1.63 bits per heavy atom. The van der Waals surface area contributed by atoms with E-state index >= 15 is 0 Å². The molecule has 0 amide bonds. The number of carbonyl (C=O) groups is 2. The lowest BCUT2D eigenvalue weighted by Gasteiger charge is -2.27. The molecular weight excluding hydrogens is 516 g/mol. The predicted molar refractivity (Wildman–Crippen MR) is 157 cm³/mol. The third-order valence-corrected chi connectivity index (χ3v) is 7.55. The van der Waals surface area contributed by atoms with Crippen LogP contribution in [0, 0.1) is 20.8 Å². The highest BCUT2D eigenvalue weighted by atomic mass is 16.6. The van der Waals surface area contributed by atoms with Crippen LogP contribution in [0.2, 0.25) is 0 Å². The van der Waals surface area contributed by atoms with Crippen molar-refractivity contribution in [3.05, 3.63) is 113 Å². The van der Waals surface area contributed by atoms with Gasteiger partial charge in [0.05, 0.1) is 23.3 Å². The Labute approximate surface area is 238 Å². The van der Waals surface area contributed by atoms with Gasteiger partial charge in [-0.15, -0.1) is 0 Å². The van der Waals surface area contributed by atoms with Crippen molar-refractivity contribution < 1.29 is 23.8 Å². The van der Waals surface area contributed by atoms with Crippen molar-refractivity contribution >= 4 is 22.7 Å². The second-order valence-electron chi connectivity index (χ2n) is 10.2. The number of nitrogens with zero attached hydrogens (tertiary/aromatic N) is 2. The summed E-state index contributed by atoms with van der Waals surface area (Å²) in [7, 11) is 0. The van der Waals surface area contributed by atoms with Crippen LogP contribution in [0.4, 0.5) is 0 Å². The van der Waals surface area contributed by atoms with E-state index in [0.717, 1.165) is 22.7 Å². The van der Waals surface area contributed by atoms with Gasteiger partial charge in [-0.05, 0) is 50.6 Å². The lowest BCUT2D eigenvalue weighted by Crippen LogP contribution is -2.33. The molecule has 5 aromatic rings. The number of aromatic nitrogens is 2. The fourth-order valence-corrected chi connectivity index (χ4v) is 5.45. The molecule has 41 heavy (non-hydrogen) atoms. The van der Waals surface area contributed by atoms with Crippen molar-refractivity contribution in [1.29, 1.82) is 0 Å². The Hall–Kier alpha value is -4.91. The van der Waals surface area contributed by atoms with Gasteiger partial charge in [-0.25, -0.2) is 9.78 Å². The van der Waals surface area contributed by atoms with Crippen molar-refractivity contribution in [3.63, 3.8) is 0 Å². The zero-order valence-corrected chi connectivity index (χ0v) is 23.2. The first kappa shape index (κ1) is 26.3. The maximum atomic E-state index is 13.5. The van der Waals surface area contributed by atoms with Crippen LogP contribution in [0.3, 0.4) is 0 Å². The lowest BCUT2D eigenvalue weighted by molar-refractivity contribution is 0.0475. The van der Waals surface area contributed by atoms with E-state index in [2.05, 4.69) is 0 Å². The number of esters is 1. The van der Waals surface area contributed by atoms with Crippen LogP contribution in [0.5, 0.6) is 11.5 Å². The van der Waals surface area contributed by atoms with E-state index in [4.69, 9.17) is 19.2 Å². The topological polar surface area (TPSA) is 79.7 Å². The van der Waals surface area contributed by atoms with E-state index in [1.54, 1.807) is 0 Å². The fourth-order valence-electron chi connectivity index (χ4n) is 5.45. The van der Waals surface area contributed by atoms with E-state index in [0.29, 0.717) is 52.2 Å². The van der Waals surface area contributed by atoms with Crippen molar-refractivity contribution in [2.45, 2.75) is 33.4 Å². The number of pyridine rings is 1. The number of benzene rings is 3. The van der Waals surface area contributed by atoms with Crippen molar-refractivity contribution in [2.75, 3.05) is 13.2 Å². The van der Waals surface area contributed by atoms with Gasteiger partial charge < -0.3 is 18.8 Å². The molecule has 0 saturated carbocycles. The number of hydrogen-bond acceptors (Lipinski definition) is 6. The summed E-state index contributed by atoms with van der Waals surface area (Å²) < 4.78 is 19.7. The molecule has 7 heteroatoms. The molecule has 1 atom stereocenters. The zero-order chi connectivity index (χ0) is 28.5. The number of para-hydroxylation sites is 3. The monoisotopic (exact) mass is 546 g/mol. The molecule has 3 heterocycles. The molecule has 6 rings (SSSR count). The molecule has 1 aliphatic heterocycles. The van der Waals surface area contributed by atoms with Gasteiger partial charge >= 0.3 is 5.97 Å². The first-order valence-electron chi connectivity index (χ1n) is 13.6. The average Bonchev–Trinajstić information content (AvgIpc) is 3.28. The molecule has 1 aliphatic rings. The highest BCUT2D eigenvalue weighted by Crippen LogP contribution is 2.32. The van der Waals surface area contributed by atoms with Crippen molar-refractivity contribution in [2.24, 2.45) is 0 Å². The highest BCUT2D eigenvalue weighted by molar-refractivity contribution is 6.07. The normalized spacial score (nSPS) is 14.2. The number of hydrogen-bond donors (Lipinski definition) is 0. The maximum absolute atomic E-state index is 13.5. The molecule has 0 aliphatic carbocycles. The highest BCUT2D eigenvalue weighted by Gasteiger charge is 2.25. The quantitative estimate of drug-likeness (QED) is 0.171. The summed E-state index contributed by atoms with van der Waals surface area (Å²) in [5.74, 6) is 0.634. The zero-order valence-electron chi connectivity index (χ0n) is 23.2. The third-order valence-electron chi connectivity index (χ3n) is 7.55. The molecule has 7 nitrogen and oxygen atoms in total. The average molecular weight is 547 g/mol. The van der Waals surface area contributed by atoms with Gasteiger partial charge in [0.15, 0.2) is 24.2 Å². The summed E-state index contributed by atoms with van der Waals surface area (Å²) in [6.07, 6.45) is -0.197. The summed E-state index contributed by atoms with van der Waals surface area (Å²) in [6, 6.07) is 26.6. The summed E-state index contributed by atoms with van der Waals surface area (Å²) in [5.41, 5.74) is 5.67. The van der Waals surface area contributed by atoms with Crippen LogP contribution in [-0.4, -0.2) is 40.6 Å². The molecule has 0 saturated heterocycles. The van der Waals surface area contributed by atoms with E-state index in [-0.39, 0.29) is 18.5 Å². The molecule has 0 bridgehead atoms. The van der Waals surface area contributed by atoms with Gasteiger partial charge in [0.25, 0.3) is 0 Å². The number of aryl methyl sites for hydroxylation is 1. The molecule has 0 unspecified atom stereocenters. The molecule has 0 N–H and O–H groups in total. The van der Waals surface area contributed by atoms with Gasteiger partial charge in [-0.3, -0.25) is 4.79 Å². The van der Waals surface area contributed by atoms with Crippen LogP contribution < -0.4 is 9.47 Å². The third kappa shape index (κ3) is 5.07. The fraction of sp³-hybridized carbons (Fsp3) is 0.206. The smallest absolute Gasteiger partial charge is 0.339 e. The first-order valence-corrected chi connectivity index (χ1v) is 13.6. The first-order chi connectivity index (χ1) is 19.9. The maximum Gasteiger partial charge on any atom is 0.339 e. The largest absolute Gasteiger partial charge is 0.486 e. The molecule has 0 radical (unpaired) electrons. The van der Waals surface area contributed by atoms with E-state index in [1.165, 1.54) is 0 Å². The minimum Gasteiger partial charge on any atom is -0.486 e. The Kier molecular flexibility index (Phi) is 7.01. The molecular formula is C34H30N2O5. The Balaban J connectivity index is 1.21. The molecule has 2 aromatic heterocycles. The van der Waals surface area contributed by atoms with Crippen LogP contribution in [0.25, 0.3) is 22.2 Å². The SMILES string of the molecule is Cc1c(-c2ccccc2)nc2ccccc2c1C(=O)OCC(=O)c1cc(C)n(C[C@@H]2COc3ccccc3O2)c1C. The number of fused-ring (bicyclic) bond motifs is 2. The van der Waals surface area contributed by atoms with Crippen LogP contribution in [-0.2, 0) is 11.3 Å². The van der Waals surface area contributed by atoms with Gasteiger partial charge in [-0.1, -0.05) is 60.7 Å². The minimum absolute atomic E-state index is 0.197. The van der Waals surface area contributed by atoms with Gasteiger partial charge in [0.1, 0.15) is 6.61 Å². The summed E-state index contributed by atoms with van der Waals surface area (Å²) >= 11 is 0. The number of carbonyl (C=O) groups excluding carboxylic acids is 2. The van der Waals surface area contributed by atoms with Crippen molar-refractivity contribution in [3.8, 4) is 22.8 Å². The second-order valence-corrected chi connectivity index (χ2v) is 10.2. The van der Waals surface area contributed by atoms with E-state index < -0.39 is 5.97 Å². The van der Waals surface area contributed by atoms with Gasteiger partial charge in [-0.2, -0.15) is 0 Å². The summed E-state index contributed by atoms with van der Waals surface area (Å²) in [6.45, 7) is 6.29. The van der Waals surface area contributed by atoms with Crippen LogP contribution in [0.1, 0.15) is 37.7 Å². The Morgan fingerprint density at radius 1 is 0.927 bits per heavy atom. The Morgan fingerprint density at radius 3 is 2.44 bits per heavy atom. The number of ketones is 1. The number of Topliss-reactive ketones (excluding diaryl/α,β-unsaturated/α-hetero) is 1. The second kappa shape index (κ2) is 10.9. The van der Waals surface area contributed by atoms with Gasteiger partial charge in [0.2, 0.25) is 5.78 Å². The lowest BCUT2D eigenvalue weighted by atomic mass is 9.98. The van der Waals surface area contributed by atoms with Crippen LogP contribution in [0.15, 0.2) is 84.9 Å². The molecule has 0 spiro atoms. The minimum atomic E-state index is -0.549. The standard InChI is InChI=1S/C34H30N2O5/c1-21-17-27(23(3)36(21)18-25-19-39-30-15-9-10-16-31(30)41-25)29(37)20-40-34(38)32-22(2)33(24-11-5-4-6-12-24)35-28-14-8-7-13-26(28)32/h4-17,25H,18-20H2,1-3H3/t25-/m1/s1.